The summed E-state index contributed by atoms with van der Waals surface area (Å²) in [5.74, 6) is 0. The van der Waals surface area contributed by atoms with Gasteiger partial charge in [0.15, 0.2) is 0 Å². The first-order valence-corrected chi connectivity index (χ1v) is 15.5. The molecule has 196 valence electrons. The molecular weight excluding hydrogens is 618 g/mol. The minimum Gasteiger partial charge on any atom is -0.744 e. The van der Waals surface area contributed by atoms with Crippen LogP contribution in [0.15, 0.2) is 80.2 Å². The molecule has 0 aliphatic carbocycles. The fourth-order valence-corrected chi connectivity index (χ4v) is 8.64. The van der Waals surface area contributed by atoms with Crippen molar-refractivity contribution in [2.24, 2.45) is 0 Å². The Bertz CT molecular complexity index is 1910. The molecule has 0 amide bonds. The van der Waals surface area contributed by atoms with Gasteiger partial charge in [-0.15, -0.1) is 0 Å². The Balaban J connectivity index is 0.00000267. The van der Waals surface area contributed by atoms with E-state index in [4.69, 9.17) is 0 Å². The van der Waals surface area contributed by atoms with E-state index in [1.54, 1.807) is 0 Å². The van der Waals surface area contributed by atoms with Gasteiger partial charge in [-0.25, -0.2) is 33.7 Å². The van der Waals surface area contributed by atoms with E-state index in [0.717, 1.165) is 24.3 Å². The van der Waals surface area contributed by atoms with Crippen molar-refractivity contribution in [3.63, 3.8) is 0 Å². The van der Waals surface area contributed by atoms with E-state index in [1.165, 1.54) is 36.4 Å². The number of hydrogen-bond donors (Lipinski definition) is 0. The van der Waals surface area contributed by atoms with Gasteiger partial charge in [-0.2, -0.15) is 0 Å². The summed E-state index contributed by atoms with van der Waals surface area (Å²) in [6.07, 6.45) is -1.02. The van der Waals surface area contributed by atoms with Crippen LogP contribution in [-0.4, -0.2) is 51.9 Å². The molecule has 0 atom stereocenters. The summed E-state index contributed by atoms with van der Waals surface area (Å²) in [6, 6.07) is 12.0. The van der Waals surface area contributed by atoms with E-state index < -0.39 is 88.4 Å². The van der Waals surface area contributed by atoms with E-state index in [9.17, 15) is 51.9 Å². The number of hydrogen-bond acceptors (Lipinski definition) is 12. The molecule has 0 radical (unpaired) electrons. The van der Waals surface area contributed by atoms with Crippen LogP contribution in [-0.2, 0) is 46.9 Å². The maximum Gasteiger partial charge on any atom is 1.00 e. The van der Waals surface area contributed by atoms with E-state index in [2.05, 4.69) is 0 Å². The maximum atomic E-state index is 12.2. The summed E-state index contributed by atoms with van der Waals surface area (Å²) in [5, 5.41) is -0.894. The van der Waals surface area contributed by atoms with Crippen LogP contribution in [0.25, 0.3) is 21.5 Å². The third-order valence-corrected chi connectivity index (χ3v) is 9.49. The Morgan fingerprint density at radius 1 is 0.462 bits per heavy atom. The van der Waals surface area contributed by atoms with Crippen LogP contribution < -0.4 is 59.1 Å². The van der Waals surface area contributed by atoms with Crippen molar-refractivity contribution in [3.8, 4) is 0 Å². The second-order valence-electron chi connectivity index (χ2n) is 7.82. The van der Waals surface area contributed by atoms with Gasteiger partial charge in [0.1, 0.15) is 40.5 Å². The van der Waals surface area contributed by atoms with E-state index in [0.29, 0.717) is 0 Å². The SMILES string of the molecule is O=S(=O)([O-])c1c(Cc2cc3ccccc3c(S(=O)(=O)[O-])c2S(=O)(=O)[O-])cc2ccccc2c1S(=O)(=O)[O-].[Na+].[Na+]. The molecule has 0 N–H and O–H groups in total. The van der Waals surface area contributed by atoms with Crippen LogP contribution in [0, 0.1) is 0 Å². The smallest absolute Gasteiger partial charge is 0.744 e. The zero-order valence-corrected chi connectivity index (χ0v) is 27.3. The molecule has 0 aromatic heterocycles. The largest absolute Gasteiger partial charge is 1.00 e. The van der Waals surface area contributed by atoms with Crippen LogP contribution in [0.4, 0.5) is 0 Å². The van der Waals surface area contributed by atoms with Crippen LogP contribution in [0.2, 0.25) is 0 Å². The summed E-state index contributed by atoms with van der Waals surface area (Å²) in [7, 11) is -22.7. The van der Waals surface area contributed by atoms with Crippen LogP contribution >= 0.6 is 0 Å². The predicted octanol–water partition coefficient (Wildman–Crippen LogP) is -4.79. The van der Waals surface area contributed by atoms with Crippen LogP contribution in [0.5, 0.6) is 0 Å². The molecule has 0 spiro atoms. The summed E-state index contributed by atoms with van der Waals surface area (Å²) in [4.78, 5) is -5.76. The molecule has 0 aliphatic rings. The molecule has 0 fully saturated rings. The Hall–Kier alpha value is -0.960. The topological polar surface area (TPSA) is 229 Å². The average molecular weight is 631 g/mol. The van der Waals surface area contributed by atoms with E-state index in [1.807, 2.05) is 0 Å². The van der Waals surface area contributed by atoms with Gasteiger partial charge in [0.05, 0.1) is 19.6 Å². The molecule has 0 saturated carbocycles. The molecule has 18 heteroatoms. The van der Waals surface area contributed by atoms with Gasteiger partial charge in [-0.3, -0.25) is 0 Å². The minimum atomic E-state index is -5.72. The Morgan fingerprint density at radius 2 is 0.744 bits per heavy atom. The number of fused-ring (bicyclic) bond motifs is 2. The molecule has 0 aliphatic heterocycles. The van der Waals surface area contributed by atoms with Crippen molar-refractivity contribution in [2.75, 3.05) is 0 Å². The van der Waals surface area contributed by atoms with Gasteiger partial charge in [0, 0.05) is 17.2 Å². The first-order chi connectivity index (χ1) is 16.9. The Morgan fingerprint density at radius 3 is 1.03 bits per heavy atom. The molecule has 0 unspecified atom stereocenters. The number of rotatable bonds is 6. The first-order valence-electron chi connectivity index (χ1n) is 9.83. The minimum absolute atomic E-state index is 0. The third kappa shape index (κ3) is 6.92. The molecule has 0 saturated heterocycles. The third-order valence-electron chi connectivity index (χ3n) is 5.45. The molecular formula is C21H12Na2O12S4-2. The van der Waals surface area contributed by atoms with Gasteiger partial charge in [0.2, 0.25) is 0 Å². The normalized spacial score (nSPS) is 12.6. The molecule has 12 nitrogen and oxygen atoms in total. The fraction of sp³-hybridized carbons (Fsp3) is 0.0476. The molecule has 4 aromatic carbocycles. The quantitative estimate of drug-likeness (QED) is 0.144. The zero-order chi connectivity index (χ0) is 27.6. The maximum absolute atomic E-state index is 12.2. The van der Waals surface area contributed by atoms with Gasteiger partial charge in [0.25, 0.3) is 0 Å². The molecule has 4 aromatic rings. The Labute approximate surface area is 268 Å². The molecule has 0 heterocycles. The van der Waals surface area contributed by atoms with Gasteiger partial charge in [-0.05, 0) is 34.0 Å². The summed E-state index contributed by atoms with van der Waals surface area (Å²) in [6.45, 7) is 0. The summed E-state index contributed by atoms with van der Waals surface area (Å²) in [5.41, 5.74) is -1.42. The fourth-order valence-electron chi connectivity index (χ4n) is 4.21. The van der Waals surface area contributed by atoms with Crippen LogP contribution in [0.1, 0.15) is 11.1 Å². The molecule has 39 heavy (non-hydrogen) atoms. The first kappa shape index (κ1) is 34.2. The van der Waals surface area contributed by atoms with E-state index in [-0.39, 0.29) is 69.9 Å². The summed E-state index contributed by atoms with van der Waals surface area (Å²) < 4.78 is 146. The molecule has 4 rings (SSSR count). The zero-order valence-electron chi connectivity index (χ0n) is 20.0. The standard InChI is InChI=1S/C21H16O12S4.2Na/c22-34(23,24)18-14(9-12-5-1-3-7-16(12)20(18)36(28,29)30)11-15-10-13-6-2-4-8-17(13)21(37(31,32)33)19(15)35(25,26)27;;/h1-10H,11H2,(H,22,23,24)(H,25,26,27)(H,28,29,30)(H,31,32,33);;/q;2*+1/p-4. The van der Waals surface area contributed by atoms with Gasteiger partial charge < -0.3 is 18.2 Å². The van der Waals surface area contributed by atoms with Crippen molar-refractivity contribution < 1.29 is 111 Å². The van der Waals surface area contributed by atoms with Crippen molar-refractivity contribution >= 4 is 62.0 Å². The van der Waals surface area contributed by atoms with Crippen molar-refractivity contribution in [1.29, 1.82) is 0 Å². The summed E-state index contributed by atoms with van der Waals surface area (Å²) >= 11 is 0. The molecule has 0 bridgehead atoms. The number of benzene rings is 4. The van der Waals surface area contributed by atoms with Crippen molar-refractivity contribution in [1.82, 2.24) is 0 Å². The van der Waals surface area contributed by atoms with Gasteiger partial charge >= 0.3 is 59.1 Å². The van der Waals surface area contributed by atoms with Gasteiger partial charge in [-0.1, -0.05) is 48.5 Å². The second-order valence-corrected chi connectivity index (χ2v) is 13.1. The predicted molar refractivity (Wildman–Crippen MR) is 123 cm³/mol. The van der Waals surface area contributed by atoms with E-state index >= 15 is 0 Å². The average Bonchev–Trinajstić information content (AvgIpc) is 2.74. The second kappa shape index (κ2) is 11.7. The monoisotopic (exact) mass is 630 g/mol. The van der Waals surface area contributed by atoms with Crippen molar-refractivity contribution in [2.45, 2.75) is 26.0 Å². The van der Waals surface area contributed by atoms with Crippen molar-refractivity contribution in [3.05, 3.63) is 71.8 Å². The Kier molecular flexibility index (Phi) is 10.3. The van der Waals surface area contributed by atoms with Crippen LogP contribution in [0.3, 0.4) is 0 Å².